The van der Waals surface area contributed by atoms with Crippen molar-refractivity contribution in [1.82, 2.24) is 9.97 Å². The molecule has 233 valence electrons. The Labute approximate surface area is 288 Å². The van der Waals surface area contributed by atoms with Gasteiger partial charge in [-0.15, -0.1) is 17.7 Å². The third-order valence-electron chi connectivity index (χ3n) is 8.13. The maximum Gasteiger partial charge on any atom is 0 e. The third kappa shape index (κ3) is 7.42. The van der Waals surface area contributed by atoms with Crippen LogP contribution in [0, 0.1) is 19.1 Å². The van der Waals surface area contributed by atoms with Crippen molar-refractivity contribution in [3.63, 3.8) is 0 Å². The maximum absolute atomic E-state index is 6.18. The molecule has 0 aliphatic rings. The van der Waals surface area contributed by atoms with E-state index in [-0.39, 0.29) is 20.1 Å². The number of furan rings is 1. The molecule has 0 atom stereocenters. The second-order valence-electron chi connectivity index (χ2n) is 12.8. The van der Waals surface area contributed by atoms with Crippen LogP contribution in [0.5, 0.6) is 0 Å². The topological polar surface area (TPSA) is 38.9 Å². The molecular weight excluding hydrogens is 801 g/mol. The Bertz CT molecular complexity index is 2060. The zero-order chi connectivity index (χ0) is 31.6. The van der Waals surface area contributed by atoms with Gasteiger partial charge in [0.1, 0.15) is 5.58 Å². The maximum atomic E-state index is 6.18. The van der Waals surface area contributed by atoms with Crippen molar-refractivity contribution in [3.8, 4) is 33.6 Å². The summed E-state index contributed by atoms with van der Waals surface area (Å²) in [6.45, 7) is 6.45. The van der Waals surface area contributed by atoms with E-state index in [4.69, 9.17) is 4.42 Å². The van der Waals surface area contributed by atoms with E-state index in [1.807, 2.05) is 42.7 Å². The van der Waals surface area contributed by atoms with Gasteiger partial charge in [0.25, 0.3) is 0 Å². The molecule has 3 nitrogen and oxygen atoms in total. The Morgan fingerprint density at radius 1 is 0.717 bits per heavy atom. The van der Waals surface area contributed by atoms with Crippen LogP contribution < -0.4 is 4.40 Å². The molecule has 0 bridgehead atoms. The molecule has 0 N–H and O–H groups in total. The summed E-state index contributed by atoms with van der Waals surface area (Å²) in [7, 11) is 0. The van der Waals surface area contributed by atoms with E-state index in [9.17, 15) is 0 Å². The molecule has 1 radical (unpaired) electrons. The first kappa shape index (κ1) is 33.5. The molecule has 3 aromatic heterocycles. The van der Waals surface area contributed by atoms with Crippen molar-refractivity contribution < 1.29 is 24.5 Å². The Morgan fingerprint density at radius 2 is 1.50 bits per heavy atom. The molecule has 0 aliphatic heterocycles. The van der Waals surface area contributed by atoms with E-state index in [0.29, 0.717) is 5.92 Å². The second-order valence-corrected chi connectivity index (χ2v) is 23.5. The van der Waals surface area contributed by atoms with Crippen LogP contribution in [-0.2, 0) is 20.1 Å². The van der Waals surface area contributed by atoms with Gasteiger partial charge in [0, 0.05) is 31.7 Å². The summed E-state index contributed by atoms with van der Waals surface area (Å²) < 4.78 is 7.62. The van der Waals surface area contributed by atoms with E-state index in [2.05, 4.69) is 133 Å². The van der Waals surface area contributed by atoms with Crippen LogP contribution in [0.3, 0.4) is 0 Å². The molecule has 3 heterocycles. The zero-order valence-corrected chi connectivity index (χ0v) is 31.7. The third-order valence-corrected chi connectivity index (χ3v) is 12.4. The van der Waals surface area contributed by atoms with E-state index in [1.54, 1.807) is 0 Å². The van der Waals surface area contributed by atoms with Gasteiger partial charge in [-0.05, 0) is 40.9 Å². The van der Waals surface area contributed by atoms with Gasteiger partial charge in [0.2, 0.25) is 0 Å². The minimum absolute atomic E-state index is 0. The summed E-state index contributed by atoms with van der Waals surface area (Å²) in [6.07, 6.45) is 3.93. The van der Waals surface area contributed by atoms with Crippen molar-refractivity contribution in [2.45, 2.75) is 44.0 Å². The summed E-state index contributed by atoms with van der Waals surface area (Å²) in [5.41, 5.74) is 10.5. The average molecular weight is 840 g/mol. The van der Waals surface area contributed by atoms with Gasteiger partial charge in [0.15, 0.2) is 0 Å². The van der Waals surface area contributed by atoms with E-state index in [0.717, 1.165) is 50.0 Å². The molecule has 0 fully saturated rings. The molecule has 0 saturated heterocycles. The van der Waals surface area contributed by atoms with Crippen LogP contribution in [0.1, 0.15) is 30.9 Å². The minimum atomic E-state index is -1.72. The first-order chi connectivity index (χ1) is 21.7. The molecule has 0 saturated carbocycles. The summed E-state index contributed by atoms with van der Waals surface area (Å²) in [4.78, 5) is 9.14. The number of aryl methyl sites for hydroxylation is 1. The number of nitrogens with zero attached hydrogens (tertiary/aromatic N) is 2. The number of aromatic nitrogens is 2. The molecule has 46 heavy (non-hydrogen) atoms. The fraction of sp³-hybridized carbons (Fsp3) is 0.171. The molecule has 7 rings (SSSR count). The van der Waals surface area contributed by atoms with Crippen molar-refractivity contribution in [3.05, 3.63) is 139 Å². The molecule has 4 aromatic carbocycles. The van der Waals surface area contributed by atoms with Crippen molar-refractivity contribution in [2.24, 2.45) is 0 Å². The monoisotopic (exact) mass is 841 g/mol. The number of benzene rings is 4. The second kappa shape index (κ2) is 14.3. The Balaban J connectivity index is 0.000000209. The van der Waals surface area contributed by atoms with E-state index in [1.165, 1.54) is 21.1 Å². The predicted molar refractivity (Wildman–Crippen MR) is 192 cm³/mol. The summed E-state index contributed by atoms with van der Waals surface area (Å²) >= 11 is -1.72. The fourth-order valence-corrected chi connectivity index (χ4v) is 7.60. The van der Waals surface area contributed by atoms with E-state index < -0.39 is 13.3 Å². The first-order valence-electron chi connectivity index (χ1n) is 15.5. The van der Waals surface area contributed by atoms with Gasteiger partial charge in [-0.25, -0.2) is 0 Å². The van der Waals surface area contributed by atoms with Crippen LogP contribution in [0.4, 0.5) is 0 Å². The molecule has 0 spiro atoms. The SMILES string of the molecule is Cc1[c-]c(-c2cc(C(C)C)ccn2)cc2c1oc1ccc(-c3ccccc3)cc12.[CH3][Ge]([CH3])([CH3])[c]1ccc(-c2[c-]cccc2)nc1.[Ir]. The average Bonchev–Trinajstić information content (AvgIpc) is 3.44. The van der Waals surface area contributed by atoms with Gasteiger partial charge >= 0.3 is 99.8 Å². The quantitative estimate of drug-likeness (QED) is 0.128. The first-order valence-corrected chi connectivity index (χ1v) is 22.9. The van der Waals surface area contributed by atoms with Crippen LogP contribution in [0.25, 0.3) is 55.6 Å². The largest absolute Gasteiger partial charge is 0 e. The van der Waals surface area contributed by atoms with Crippen LogP contribution in [-0.4, -0.2) is 23.2 Å². The van der Waals surface area contributed by atoms with Gasteiger partial charge in [-0.3, -0.25) is 0 Å². The molecule has 0 unspecified atom stereocenters. The molecule has 0 aliphatic carbocycles. The molecular formula is C41H38GeIrN2O-2. The van der Waals surface area contributed by atoms with Crippen LogP contribution >= 0.6 is 0 Å². The summed E-state index contributed by atoms with van der Waals surface area (Å²) in [5.74, 6) is 7.60. The normalized spacial score (nSPS) is 11.3. The van der Waals surface area contributed by atoms with Gasteiger partial charge in [-0.2, -0.15) is 0 Å². The standard InChI is InChI=1S/C27H22NO.C14H16GeN.Ir/c1-17(2)20-11-12-28-25(16-20)22-13-18(3)27-24(15-22)23-14-21(9-10-26(23)29-27)19-7-5-4-6-8-19;1-15(2,3)13-9-10-14(16-11-13)12-7-5-4-6-8-12;/h4-12,14-17H,1-3H3;4-7,9-11H,1-3H3;/q2*-1;. The number of hydrogen-bond donors (Lipinski definition) is 0. The Hall–Kier alpha value is -3.83. The molecule has 5 heteroatoms. The molecule has 0 amide bonds. The number of rotatable bonds is 5. The van der Waals surface area contributed by atoms with Gasteiger partial charge in [0.05, 0.1) is 5.58 Å². The smallest absolute Gasteiger partial charge is 0 e. The molecule has 7 aromatic rings. The van der Waals surface area contributed by atoms with Crippen molar-refractivity contribution in [2.75, 3.05) is 0 Å². The number of fused-ring (bicyclic) bond motifs is 3. The van der Waals surface area contributed by atoms with Crippen molar-refractivity contribution in [1.29, 1.82) is 0 Å². The summed E-state index contributed by atoms with van der Waals surface area (Å²) in [5, 5.41) is 2.24. The van der Waals surface area contributed by atoms with E-state index >= 15 is 0 Å². The number of hydrogen-bond acceptors (Lipinski definition) is 3. The van der Waals surface area contributed by atoms with Crippen molar-refractivity contribution >= 4 is 39.6 Å². The van der Waals surface area contributed by atoms with Crippen LogP contribution in [0.2, 0.25) is 17.3 Å². The predicted octanol–water partition coefficient (Wildman–Crippen LogP) is 10.6. The zero-order valence-electron chi connectivity index (χ0n) is 27.2. The Morgan fingerprint density at radius 3 is 2.17 bits per heavy atom. The van der Waals surface area contributed by atoms with Gasteiger partial charge < -0.3 is 9.40 Å². The van der Waals surface area contributed by atoms with Crippen LogP contribution in [0.15, 0.2) is 120 Å². The fourth-order valence-electron chi connectivity index (χ4n) is 5.43. The van der Waals surface area contributed by atoms with Gasteiger partial charge in [-0.1, -0.05) is 79.7 Å². The minimum Gasteiger partial charge on any atom is 0 e. The Kier molecular flexibility index (Phi) is 10.4. The summed E-state index contributed by atoms with van der Waals surface area (Å²) in [6, 6.07) is 42.2. The number of pyridine rings is 2.